The summed E-state index contributed by atoms with van der Waals surface area (Å²) >= 11 is 0. The number of imidazole rings is 1. The van der Waals surface area contributed by atoms with Crippen LogP contribution in [0.2, 0.25) is 0 Å². The minimum atomic E-state index is -0.132. The molecule has 0 bridgehead atoms. The van der Waals surface area contributed by atoms with Gasteiger partial charge in [-0.1, -0.05) is 6.07 Å². The molecule has 0 N–H and O–H groups in total. The zero-order valence-corrected chi connectivity index (χ0v) is 18.7. The van der Waals surface area contributed by atoms with Crippen molar-refractivity contribution in [1.29, 1.82) is 0 Å². The van der Waals surface area contributed by atoms with Crippen molar-refractivity contribution >= 4 is 21.9 Å². The van der Waals surface area contributed by atoms with E-state index in [0.29, 0.717) is 5.88 Å². The van der Waals surface area contributed by atoms with Crippen molar-refractivity contribution in [1.82, 2.24) is 28.9 Å². The molecule has 0 unspecified atom stereocenters. The molecule has 5 rings (SSSR count). The number of nitrogens with zero attached hydrogens (tertiary/aromatic N) is 6. The Bertz CT molecular complexity index is 1540. The van der Waals surface area contributed by atoms with E-state index in [1.165, 1.54) is 0 Å². The maximum Gasteiger partial charge on any atom is 0.333 e. The maximum atomic E-state index is 13.2. The van der Waals surface area contributed by atoms with Gasteiger partial charge in [-0.3, -0.25) is 18.8 Å². The highest BCUT2D eigenvalue weighted by molar-refractivity contribution is 6.04. The predicted molar refractivity (Wildman–Crippen MR) is 124 cm³/mol. The van der Waals surface area contributed by atoms with Crippen LogP contribution in [0.5, 0.6) is 5.88 Å². The first-order chi connectivity index (χ1) is 15.3. The second-order valence-electron chi connectivity index (χ2n) is 8.22. The van der Waals surface area contributed by atoms with Gasteiger partial charge in [-0.15, -0.1) is 0 Å². The van der Waals surface area contributed by atoms with Crippen molar-refractivity contribution in [3.63, 3.8) is 0 Å². The Balaban J connectivity index is 1.79. The van der Waals surface area contributed by atoms with Crippen LogP contribution in [0.25, 0.3) is 38.8 Å². The van der Waals surface area contributed by atoms with Gasteiger partial charge in [-0.25, -0.2) is 9.78 Å². The van der Waals surface area contributed by atoms with Crippen LogP contribution in [0, 0.1) is 6.92 Å². The van der Waals surface area contributed by atoms with Crippen molar-refractivity contribution in [3.8, 4) is 22.7 Å². The highest BCUT2D eigenvalue weighted by atomic mass is 16.5. The third-order valence-electron chi connectivity index (χ3n) is 5.54. The molecule has 0 radical (unpaired) electrons. The van der Waals surface area contributed by atoms with E-state index in [2.05, 4.69) is 21.1 Å². The van der Waals surface area contributed by atoms with E-state index in [9.17, 15) is 4.79 Å². The quantitative estimate of drug-likeness (QED) is 0.435. The van der Waals surface area contributed by atoms with Crippen LogP contribution >= 0.6 is 0 Å². The standard InChI is InChI=1S/C24H24N6O2/c1-14(2)32-22-11-17(8-9-25-22)16-6-7-19-18(10-16)23-20(12-26-19)29(5)24(31)30(23)21-13-28(4)27-15(21)3/h6-14H,1-5H3. The summed E-state index contributed by atoms with van der Waals surface area (Å²) < 4.78 is 10.8. The zero-order valence-electron chi connectivity index (χ0n) is 18.7. The summed E-state index contributed by atoms with van der Waals surface area (Å²) in [6.45, 7) is 5.85. The first-order valence-corrected chi connectivity index (χ1v) is 10.5. The van der Waals surface area contributed by atoms with E-state index in [4.69, 9.17) is 4.74 Å². The molecule has 0 amide bonds. The van der Waals surface area contributed by atoms with Gasteiger partial charge in [0.2, 0.25) is 5.88 Å². The van der Waals surface area contributed by atoms with Gasteiger partial charge in [0.15, 0.2) is 0 Å². The number of benzene rings is 1. The van der Waals surface area contributed by atoms with Gasteiger partial charge in [0, 0.05) is 37.9 Å². The van der Waals surface area contributed by atoms with Gasteiger partial charge in [0.1, 0.15) is 0 Å². The van der Waals surface area contributed by atoms with Crippen molar-refractivity contribution in [2.24, 2.45) is 14.1 Å². The van der Waals surface area contributed by atoms with Crippen molar-refractivity contribution in [3.05, 3.63) is 65.1 Å². The summed E-state index contributed by atoms with van der Waals surface area (Å²) in [4.78, 5) is 22.1. The molecule has 0 saturated heterocycles. The van der Waals surface area contributed by atoms with Gasteiger partial charge in [-0.2, -0.15) is 5.10 Å². The van der Waals surface area contributed by atoms with Gasteiger partial charge < -0.3 is 4.74 Å². The monoisotopic (exact) mass is 428 g/mol. The number of ether oxygens (including phenoxy) is 1. The van der Waals surface area contributed by atoms with E-state index >= 15 is 0 Å². The topological polar surface area (TPSA) is 79.8 Å². The molecule has 0 aliphatic carbocycles. The number of rotatable bonds is 4. The second-order valence-corrected chi connectivity index (χ2v) is 8.22. The van der Waals surface area contributed by atoms with Gasteiger partial charge in [0.25, 0.3) is 0 Å². The molecule has 0 atom stereocenters. The molecular formula is C24H24N6O2. The van der Waals surface area contributed by atoms with E-state index in [1.54, 1.807) is 33.3 Å². The molecule has 32 heavy (non-hydrogen) atoms. The Labute approximate surface area is 184 Å². The smallest absolute Gasteiger partial charge is 0.333 e. The third-order valence-corrected chi connectivity index (χ3v) is 5.54. The number of hydrogen-bond donors (Lipinski definition) is 0. The summed E-state index contributed by atoms with van der Waals surface area (Å²) in [5.74, 6) is 0.580. The maximum absolute atomic E-state index is 13.2. The van der Waals surface area contributed by atoms with Crippen LogP contribution in [-0.4, -0.2) is 35.0 Å². The Hall–Kier alpha value is -3.94. The summed E-state index contributed by atoms with van der Waals surface area (Å²) in [7, 11) is 3.62. The van der Waals surface area contributed by atoms with E-state index in [-0.39, 0.29) is 11.8 Å². The fraction of sp³-hybridized carbons (Fsp3) is 0.250. The molecule has 0 saturated carbocycles. The number of aromatic nitrogens is 6. The van der Waals surface area contributed by atoms with Gasteiger partial charge in [0.05, 0.1) is 40.2 Å². The Kier molecular flexibility index (Phi) is 4.58. The average Bonchev–Trinajstić information content (AvgIpc) is 3.22. The van der Waals surface area contributed by atoms with Crippen LogP contribution in [0.3, 0.4) is 0 Å². The molecule has 4 aromatic heterocycles. The van der Waals surface area contributed by atoms with Crippen molar-refractivity contribution in [2.45, 2.75) is 26.9 Å². The van der Waals surface area contributed by atoms with Crippen LogP contribution in [0.1, 0.15) is 19.5 Å². The summed E-state index contributed by atoms with van der Waals surface area (Å²) in [6.07, 6.45) is 5.40. The fourth-order valence-corrected chi connectivity index (χ4v) is 4.10. The number of hydrogen-bond acceptors (Lipinski definition) is 5. The van der Waals surface area contributed by atoms with Gasteiger partial charge in [-0.05, 0) is 50.1 Å². The first-order valence-electron chi connectivity index (χ1n) is 10.5. The molecule has 5 aromatic rings. The molecular weight excluding hydrogens is 404 g/mol. The summed E-state index contributed by atoms with van der Waals surface area (Å²) in [5.41, 5.74) is 5.78. The molecule has 4 heterocycles. The lowest BCUT2D eigenvalue weighted by Crippen LogP contribution is -2.21. The molecule has 1 aromatic carbocycles. The van der Waals surface area contributed by atoms with Crippen LogP contribution in [0.4, 0.5) is 0 Å². The third kappa shape index (κ3) is 3.15. The normalized spacial score (nSPS) is 11.7. The van der Waals surface area contributed by atoms with Crippen molar-refractivity contribution < 1.29 is 4.74 Å². The largest absolute Gasteiger partial charge is 0.475 e. The molecule has 0 aliphatic heterocycles. The molecule has 8 nitrogen and oxygen atoms in total. The highest BCUT2D eigenvalue weighted by Gasteiger charge is 2.19. The Morgan fingerprint density at radius 3 is 2.53 bits per heavy atom. The number of aryl methyl sites for hydroxylation is 3. The number of fused-ring (bicyclic) bond motifs is 3. The zero-order chi connectivity index (χ0) is 22.6. The van der Waals surface area contributed by atoms with Crippen LogP contribution < -0.4 is 10.4 Å². The summed E-state index contributed by atoms with van der Waals surface area (Å²) in [6, 6.07) is 9.95. The Morgan fingerprint density at radius 2 is 1.81 bits per heavy atom. The number of pyridine rings is 2. The van der Waals surface area contributed by atoms with Crippen LogP contribution in [0.15, 0.2) is 53.7 Å². The van der Waals surface area contributed by atoms with E-state index in [1.807, 2.05) is 58.3 Å². The second kappa shape index (κ2) is 7.33. The predicted octanol–water partition coefficient (Wildman–Crippen LogP) is 3.77. The summed E-state index contributed by atoms with van der Waals surface area (Å²) in [5, 5.41) is 5.33. The molecule has 8 heteroatoms. The minimum Gasteiger partial charge on any atom is -0.475 e. The molecule has 162 valence electrons. The fourth-order valence-electron chi connectivity index (χ4n) is 4.10. The molecule has 0 fully saturated rings. The first kappa shape index (κ1) is 20.0. The lowest BCUT2D eigenvalue weighted by molar-refractivity contribution is 0.233. The molecule has 0 aliphatic rings. The SMILES string of the molecule is Cc1nn(C)cc1-n1c(=O)n(C)c2cnc3ccc(-c4ccnc(OC(C)C)c4)cc3c21. The minimum absolute atomic E-state index is 0.0413. The van der Waals surface area contributed by atoms with Crippen molar-refractivity contribution in [2.75, 3.05) is 0 Å². The van der Waals surface area contributed by atoms with Crippen LogP contribution in [-0.2, 0) is 14.1 Å². The Morgan fingerprint density at radius 1 is 1.03 bits per heavy atom. The van der Waals surface area contributed by atoms with E-state index in [0.717, 1.165) is 44.4 Å². The highest BCUT2D eigenvalue weighted by Crippen LogP contribution is 2.31. The lowest BCUT2D eigenvalue weighted by atomic mass is 10.0. The lowest BCUT2D eigenvalue weighted by Gasteiger charge is -2.11. The van der Waals surface area contributed by atoms with Gasteiger partial charge >= 0.3 is 5.69 Å². The molecule has 0 spiro atoms. The van der Waals surface area contributed by atoms with E-state index < -0.39 is 0 Å². The average molecular weight is 428 g/mol.